The number of rotatable bonds is 8. The molecular weight excluding hydrogens is 472 g/mol. The number of methoxy groups -OCH3 is 1. The molecule has 0 bridgehead atoms. The number of carboxylic acids is 1. The number of nitrogens with one attached hydrogen (secondary N) is 3. The van der Waals surface area contributed by atoms with E-state index in [9.17, 15) is 19.2 Å². The Balaban J connectivity index is 1.48. The molecular formula is C24H21N4O6S+. The molecule has 1 atom stereocenters. The Kier molecular flexibility index (Phi) is 6.88. The summed E-state index contributed by atoms with van der Waals surface area (Å²) in [4.78, 5) is 55.9. The topological polar surface area (TPSA) is 150 Å². The van der Waals surface area contributed by atoms with E-state index in [2.05, 4.69) is 20.6 Å². The van der Waals surface area contributed by atoms with Gasteiger partial charge in [-0.15, -0.1) is 0 Å². The number of carbonyl (C=O) groups is 3. The van der Waals surface area contributed by atoms with Crippen molar-refractivity contribution in [2.45, 2.75) is 12.3 Å². The fourth-order valence-corrected chi connectivity index (χ4v) is 5.00. The molecule has 0 aliphatic rings. The van der Waals surface area contributed by atoms with E-state index in [1.165, 1.54) is 24.3 Å². The Hall–Kier alpha value is -4.51. The zero-order valence-corrected chi connectivity index (χ0v) is 19.3. The molecule has 0 aliphatic carbocycles. The van der Waals surface area contributed by atoms with Crippen LogP contribution < -0.4 is 20.9 Å². The molecule has 2 amide bonds. The Morgan fingerprint density at radius 3 is 2.60 bits per heavy atom. The number of anilines is 1. The fourth-order valence-electron chi connectivity index (χ4n) is 3.33. The van der Waals surface area contributed by atoms with Crippen LogP contribution in [0.2, 0.25) is 0 Å². The van der Waals surface area contributed by atoms with Gasteiger partial charge in [-0.3, -0.25) is 14.4 Å². The Morgan fingerprint density at radius 2 is 1.89 bits per heavy atom. The Morgan fingerprint density at radius 1 is 1.11 bits per heavy atom. The number of fused-ring (bicyclic) bond motifs is 1. The van der Waals surface area contributed by atoms with Crippen molar-refractivity contribution in [1.82, 2.24) is 15.3 Å². The average Bonchev–Trinajstić information content (AvgIpc) is 3.26. The van der Waals surface area contributed by atoms with Crippen LogP contribution >= 0.6 is 10.5 Å². The summed E-state index contributed by atoms with van der Waals surface area (Å²) in [5, 5.41) is 16.4. The van der Waals surface area contributed by atoms with Crippen molar-refractivity contribution in [2.75, 3.05) is 12.4 Å². The van der Waals surface area contributed by atoms with Crippen LogP contribution in [-0.4, -0.2) is 40.0 Å². The van der Waals surface area contributed by atoms with Crippen LogP contribution in [0.15, 0.2) is 64.8 Å². The maximum Gasteiger partial charge on any atom is 0.335 e. The van der Waals surface area contributed by atoms with E-state index in [1.54, 1.807) is 36.8 Å². The van der Waals surface area contributed by atoms with E-state index in [4.69, 9.17) is 9.84 Å². The molecule has 0 radical (unpaired) electrons. The third kappa shape index (κ3) is 5.53. The van der Waals surface area contributed by atoms with Gasteiger partial charge in [0.2, 0.25) is 11.6 Å². The molecule has 11 heteroatoms. The van der Waals surface area contributed by atoms with Crippen molar-refractivity contribution in [2.24, 2.45) is 0 Å². The lowest BCUT2D eigenvalue weighted by Crippen LogP contribution is -2.27. The number of nitrogens with zero attached hydrogens (tertiary/aromatic N) is 1. The number of aromatic amines is 1. The van der Waals surface area contributed by atoms with Gasteiger partial charge in [-0.2, -0.15) is 4.98 Å². The lowest BCUT2D eigenvalue weighted by Gasteiger charge is -2.06. The van der Waals surface area contributed by atoms with Crippen molar-refractivity contribution < 1.29 is 24.2 Å². The van der Waals surface area contributed by atoms with Gasteiger partial charge in [0.1, 0.15) is 16.5 Å². The van der Waals surface area contributed by atoms with Gasteiger partial charge in [0.25, 0.3) is 22.2 Å². The van der Waals surface area contributed by atoms with Crippen LogP contribution in [0, 0.1) is 0 Å². The number of hydrogen-bond donors (Lipinski definition) is 4. The molecule has 0 aliphatic heterocycles. The van der Waals surface area contributed by atoms with Gasteiger partial charge in [0.15, 0.2) is 0 Å². The summed E-state index contributed by atoms with van der Waals surface area (Å²) in [7, 11) is 0.740. The molecule has 4 N–H and O–H groups in total. The van der Waals surface area contributed by atoms with Crippen LogP contribution in [-0.2, 0) is 17.1 Å². The molecule has 2 aromatic carbocycles. The minimum absolute atomic E-state index is 0.0193. The number of benzene rings is 2. The number of thiophene rings is 1. The molecule has 4 aromatic rings. The quantitative estimate of drug-likeness (QED) is 0.276. The van der Waals surface area contributed by atoms with Gasteiger partial charge in [0.05, 0.1) is 12.7 Å². The lowest BCUT2D eigenvalue weighted by atomic mass is 10.2. The van der Waals surface area contributed by atoms with Crippen molar-refractivity contribution in [3.63, 3.8) is 0 Å². The smallest absolute Gasteiger partial charge is 0.335 e. The number of amides is 2. The van der Waals surface area contributed by atoms with Crippen molar-refractivity contribution >= 4 is 44.2 Å². The van der Waals surface area contributed by atoms with Gasteiger partial charge in [-0.05, 0) is 42.0 Å². The number of aromatic carboxylic acids is 1. The number of carboxylic acid groups (broad SMARTS) is 1. The zero-order valence-electron chi connectivity index (χ0n) is 18.5. The SMILES string of the molecule is COc1cccc(CNC(=O)c2nc3c(cc[s+]3CC(=O)Nc3ccc(C(=O)O)cc3)c(=O)[nH]2)c1. The predicted octanol–water partition coefficient (Wildman–Crippen LogP) is 2.95. The monoisotopic (exact) mass is 493 g/mol. The second-order valence-corrected chi connectivity index (χ2v) is 9.28. The highest BCUT2D eigenvalue weighted by Crippen LogP contribution is 2.29. The number of ether oxygens (including phenoxy) is 1. The second kappa shape index (κ2) is 10.2. The van der Waals surface area contributed by atoms with Crippen LogP contribution in [0.5, 0.6) is 5.75 Å². The number of hydrogen-bond acceptors (Lipinski definition) is 6. The molecule has 0 saturated heterocycles. The molecule has 0 saturated carbocycles. The summed E-state index contributed by atoms with van der Waals surface area (Å²) in [5.41, 5.74) is 0.912. The van der Waals surface area contributed by atoms with E-state index in [0.29, 0.717) is 21.7 Å². The lowest BCUT2D eigenvalue weighted by molar-refractivity contribution is -0.114. The average molecular weight is 494 g/mol. The van der Waals surface area contributed by atoms with E-state index in [0.717, 1.165) is 5.56 Å². The summed E-state index contributed by atoms with van der Waals surface area (Å²) in [6.45, 7) is 0.212. The Labute approximate surface area is 201 Å². The third-order valence-corrected chi connectivity index (χ3v) is 6.92. The van der Waals surface area contributed by atoms with Crippen LogP contribution in [0.4, 0.5) is 5.69 Å². The minimum atomic E-state index is -1.06. The molecule has 2 aromatic heterocycles. The van der Waals surface area contributed by atoms with Gasteiger partial charge in [-0.1, -0.05) is 12.1 Å². The predicted molar refractivity (Wildman–Crippen MR) is 131 cm³/mol. The van der Waals surface area contributed by atoms with Gasteiger partial charge in [0, 0.05) is 28.8 Å². The first-order chi connectivity index (χ1) is 16.8. The first kappa shape index (κ1) is 23.6. The van der Waals surface area contributed by atoms with Crippen LogP contribution in [0.1, 0.15) is 26.5 Å². The van der Waals surface area contributed by atoms with Gasteiger partial charge >= 0.3 is 5.97 Å². The molecule has 10 nitrogen and oxygen atoms in total. The Bertz CT molecular complexity index is 1480. The number of H-pyrrole nitrogens is 1. The fraction of sp³-hybridized carbons (Fsp3) is 0.125. The number of aromatic nitrogens is 2. The van der Waals surface area contributed by atoms with Crippen LogP contribution in [0.25, 0.3) is 10.2 Å². The summed E-state index contributed by atoms with van der Waals surface area (Å²) in [6.07, 6.45) is 0. The van der Waals surface area contributed by atoms with Gasteiger partial charge in [-0.25, -0.2) is 4.79 Å². The highest BCUT2D eigenvalue weighted by molar-refractivity contribution is 7.36. The highest BCUT2D eigenvalue weighted by Gasteiger charge is 2.23. The molecule has 178 valence electrons. The molecule has 1 unspecified atom stereocenters. The van der Waals surface area contributed by atoms with Crippen molar-refractivity contribution in [1.29, 1.82) is 0 Å². The highest BCUT2D eigenvalue weighted by atomic mass is 32.2. The summed E-state index contributed by atoms with van der Waals surface area (Å²) in [6, 6.07) is 14.6. The first-order valence-corrected chi connectivity index (χ1v) is 11.9. The van der Waals surface area contributed by atoms with Crippen molar-refractivity contribution in [3.8, 4) is 5.75 Å². The summed E-state index contributed by atoms with van der Waals surface area (Å²) in [5.74, 6) is -1.40. The number of carbonyl (C=O) groups excluding carboxylic acids is 2. The van der Waals surface area contributed by atoms with Crippen LogP contribution in [0.3, 0.4) is 0 Å². The molecule has 0 fully saturated rings. The van der Waals surface area contributed by atoms with E-state index < -0.39 is 27.9 Å². The maximum absolute atomic E-state index is 12.7. The van der Waals surface area contributed by atoms with E-state index in [1.807, 2.05) is 6.07 Å². The molecule has 0 spiro atoms. The minimum Gasteiger partial charge on any atom is -0.497 e. The second-order valence-electron chi connectivity index (χ2n) is 7.47. The maximum atomic E-state index is 12.7. The molecule has 2 heterocycles. The molecule has 4 rings (SSSR count). The molecule has 35 heavy (non-hydrogen) atoms. The largest absolute Gasteiger partial charge is 0.497 e. The zero-order chi connectivity index (χ0) is 24.9. The van der Waals surface area contributed by atoms with Crippen molar-refractivity contribution in [3.05, 3.63) is 87.3 Å². The third-order valence-electron chi connectivity index (χ3n) is 5.07. The van der Waals surface area contributed by atoms with E-state index in [-0.39, 0.29) is 29.6 Å². The standard InChI is InChI=1S/C24H20N4O6S/c1-34-17-4-2-3-14(11-17)12-25-22(31)20-27-21(30)18-9-10-35(23(18)28-20)13-19(29)26-16-7-5-15(6-8-16)24(32)33/h2-11H,12-13H2,1H3,(H3-,25,26,27,28,29,30,31,32,33)/p+1. The normalized spacial score (nSPS) is 11.2. The first-order valence-electron chi connectivity index (χ1n) is 10.4. The summed E-state index contributed by atoms with van der Waals surface area (Å²) >= 11 is 0. The summed E-state index contributed by atoms with van der Waals surface area (Å²) < 4.78 is 5.17. The van der Waals surface area contributed by atoms with E-state index >= 15 is 0 Å². The van der Waals surface area contributed by atoms with Gasteiger partial charge < -0.3 is 25.5 Å².